The third-order valence-corrected chi connectivity index (χ3v) is 2.48. The van der Waals surface area contributed by atoms with Gasteiger partial charge >= 0.3 is 12.0 Å². The van der Waals surface area contributed by atoms with Crippen molar-refractivity contribution in [3.8, 4) is 5.75 Å². The first-order chi connectivity index (χ1) is 9.97. The van der Waals surface area contributed by atoms with Crippen molar-refractivity contribution in [3.63, 3.8) is 0 Å². The van der Waals surface area contributed by atoms with Gasteiger partial charge < -0.3 is 25.4 Å². The van der Waals surface area contributed by atoms with Crippen molar-refractivity contribution in [2.75, 3.05) is 5.32 Å². The zero-order valence-electron chi connectivity index (χ0n) is 11.0. The number of carbonyl (C=O) groups is 2. The van der Waals surface area contributed by atoms with E-state index in [1.54, 1.807) is 6.92 Å². The van der Waals surface area contributed by atoms with E-state index in [4.69, 9.17) is 9.63 Å². The highest BCUT2D eigenvalue weighted by molar-refractivity contribution is 5.97. The fraction of sp³-hybridized carbons (Fsp3) is 0.167. The first-order valence-corrected chi connectivity index (χ1v) is 5.86. The molecule has 2 aromatic rings. The van der Waals surface area contributed by atoms with Crippen molar-refractivity contribution in [1.82, 2.24) is 15.5 Å². The Hall–Kier alpha value is -3.10. The van der Waals surface area contributed by atoms with Gasteiger partial charge in [0.25, 0.3) is 0 Å². The van der Waals surface area contributed by atoms with Crippen molar-refractivity contribution >= 4 is 17.7 Å². The summed E-state index contributed by atoms with van der Waals surface area (Å²) >= 11 is 0. The quantitative estimate of drug-likeness (QED) is 0.619. The third kappa shape index (κ3) is 3.47. The molecule has 110 valence electrons. The highest BCUT2D eigenvalue weighted by atomic mass is 16.5. The minimum Gasteiger partial charge on any atom is -0.505 e. The monoisotopic (exact) mass is 292 g/mol. The van der Waals surface area contributed by atoms with Crippen LogP contribution in [0.1, 0.15) is 22.1 Å². The summed E-state index contributed by atoms with van der Waals surface area (Å²) in [6.07, 6.45) is 0. The summed E-state index contributed by atoms with van der Waals surface area (Å²) < 4.78 is 4.81. The number of aromatic nitrogens is 2. The van der Waals surface area contributed by atoms with E-state index >= 15 is 0 Å². The smallest absolute Gasteiger partial charge is 0.339 e. The standard InChI is InChI=1S/C12H12N4O5/c1-6-14-9(21-16-6)5-13-12(20)15-8-4-2-3-7(10(8)17)11(18)19/h2-4,17H,5H2,1H3,(H,18,19)(H2,13,15,20). The van der Waals surface area contributed by atoms with Crippen molar-refractivity contribution in [2.24, 2.45) is 0 Å². The fourth-order valence-electron chi connectivity index (χ4n) is 1.55. The Kier molecular flexibility index (Phi) is 4.02. The van der Waals surface area contributed by atoms with E-state index in [1.807, 2.05) is 0 Å². The van der Waals surface area contributed by atoms with Gasteiger partial charge in [-0.15, -0.1) is 0 Å². The molecule has 0 atom stereocenters. The second-order valence-electron chi connectivity index (χ2n) is 4.05. The molecule has 0 fully saturated rings. The Labute approximate surface area is 118 Å². The predicted octanol–water partition coefficient (Wildman–Crippen LogP) is 1.10. The van der Waals surface area contributed by atoms with Gasteiger partial charge in [0.15, 0.2) is 11.6 Å². The molecule has 1 aromatic carbocycles. The zero-order valence-corrected chi connectivity index (χ0v) is 11.0. The van der Waals surface area contributed by atoms with Crippen LogP contribution in [0.4, 0.5) is 10.5 Å². The van der Waals surface area contributed by atoms with Crippen molar-refractivity contribution < 1.29 is 24.3 Å². The van der Waals surface area contributed by atoms with Crippen LogP contribution < -0.4 is 10.6 Å². The molecule has 2 amide bonds. The number of carbonyl (C=O) groups excluding carboxylic acids is 1. The highest BCUT2D eigenvalue weighted by Gasteiger charge is 2.14. The summed E-state index contributed by atoms with van der Waals surface area (Å²) in [5, 5.41) is 26.9. The lowest BCUT2D eigenvalue weighted by Crippen LogP contribution is -2.28. The third-order valence-electron chi connectivity index (χ3n) is 2.48. The maximum Gasteiger partial charge on any atom is 0.339 e. The van der Waals surface area contributed by atoms with Crippen molar-refractivity contribution in [1.29, 1.82) is 0 Å². The lowest BCUT2D eigenvalue weighted by atomic mass is 10.2. The lowest BCUT2D eigenvalue weighted by molar-refractivity contribution is 0.0693. The van der Waals surface area contributed by atoms with Crippen LogP contribution in [0.25, 0.3) is 0 Å². The van der Waals surface area contributed by atoms with Crippen LogP contribution in [0.3, 0.4) is 0 Å². The number of rotatable bonds is 4. The Morgan fingerprint density at radius 2 is 2.14 bits per heavy atom. The number of aryl methyl sites for hydroxylation is 1. The molecule has 9 heteroatoms. The Bertz CT molecular complexity index is 682. The number of para-hydroxylation sites is 1. The average molecular weight is 292 g/mol. The molecule has 1 heterocycles. The largest absolute Gasteiger partial charge is 0.505 e. The van der Waals surface area contributed by atoms with Crippen LogP contribution in [-0.4, -0.2) is 32.4 Å². The predicted molar refractivity (Wildman–Crippen MR) is 70.0 cm³/mol. The number of hydrogen-bond acceptors (Lipinski definition) is 6. The van der Waals surface area contributed by atoms with Gasteiger partial charge in [-0.05, 0) is 19.1 Å². The van der Waals surface area contributed by atoms with E-state index in [9.17, 15) is 14.7 Å². The first-order valence-electron chi connectivity index (χ1n) is 5.86. The fourth-order valence-corrected chi connectivity index (χ4v) is 1.55. The number of nitrogens with one attached hydrogen (secondary N) is 2. The molecular formula is C12H12N4O5. The van der Waals surface area contributed by atoms with Crippen molar-refractivity contribution in [3.05, 3.63) is 35.5 Å². The van der Waals surface area contributed by atoms with Gasteiger partial charge in [-0.3, -0.25) is 0 Å². The number of phenols is 1. The van der Waals surface area contributed by atoms with Crippen LogP contribution in [-0.2, 0) is 6.54 Å². The summed E-state index contributed by atoms with van der Waals surface area (Å²) in [6, 6.07) is 3.35. The number of carboxylic acid groups (broad SMARTS) is 1. The van der Waals surface area contributed by atoms with E-state index in [0.717, 1.165) is 0 Å². The van der Waals surface area contributed by atoms with Gasteiger partial charge in [-0.25, -0.2) is 9.59 Å². The molecule has 0 unspecified atom stereocenters. The van der Waals surface area contributed by atoms with E-state index in [-0.39, 0.29) is 23.7 Å². The maximum absolute atomic E-state index is 11.7. The molecule has 0 aliphatic carbocycles. The van der Waals surface area contributed by atoms with Gasteiger partial charge in [-0.2, -0.15) is 4.98 Å². The van der Waals surface area contributed by atoms with Gasteiger partial charge in [0.1, 0.15) is 5.56 Å². The van der Waals surface area contributed by atoms with Crippen LogP contribution in [0, 0.1) is 6.92 Å². The molecule has 0 spiro atoms. The number of aromatic carboxylic acids is 1. The molecule has 1 aromatic heterocycles. The second kappa shape index (κ2) is 5.90. The lowest BCUT2D eigenvalue weighted by Gasteiger charge is -2.09. The molecule has 2 rings (SSSR count). The molecular weight excluding hydrogens is 280 g/mol. The van der Waals surface area contributed by atoms with Crippen LogP contribution in [0.15, 0.2) is 22.7 Å². The summed E-state index contributed by atoms with van der Waals surface area (Å²) in [5.41, 5.74) is -0.325. The van der Waals surface area contributed by atoms with Gasteiger partial charge in [0.2, 0.25) is 5.89 Å². The molecule has 0 saturated heterocycles. The first kappa shape index (κ1) is 14.3. The summed E-state index contributed by atoms with van der Waals surface area (Å²) in [5.74, 6) is -1.14. The number of anilines is 1. The molecule has 9 nitrogen and oxygen atoms in total. The highest BCUT2D eigenvalue weighted by Crippen LogP contribution is 2.27. The molecule has 0 radical (unpaired) electrons. The number of carboxylic acids is 1. The SMILES string of the molecule is Cc1noc(CNC(=O)Nc2cccc(C(=O)O)c2O)n1. The topological polar surface area (TPSA) is 138 Å². The van der Waals surface area contributed by atoms with E-state index in [0.29, 0.717) is 5.82 Å². The average Bonchev–Trinajstić information content (AvgIpc) is 2.84. The molecule has 0 bridgehead atoms. The second-order valence-corrected chi connectivity index (χ2v) is 4.05. The number of benzene rings is 1. The molecule has 4 N–H and O–H groups in total. The Morgan fingerprint density at radius 1 is 1.38 bits per heavy atom. The normalized spacial score (nSPS) is 10.1. The van der Waals surface area contributed by atoms with Crippen LogP contribution >= 0.6 is 0 Å². The Balaban J connectivity index is 1.99. The number of amides is 2. The van der Waals surface area contributed by atoms with Gasteiger partial charge in [0, 0.05) is 0 Å². The summed E-state index contributed by atoms with van der Waals surface area (Å²) in [4.78, 5) is 26.4. The minimum absolute atomic E-state index is 0.00601. The summed E-state index contributed by atoms with van der Waals surface area (Å²) in [6.45, 7) is 1.65. The van der Waals surface area contributed by atoms with E-state index in [1.165, 1.54) is 18.2 Å². The van der Waals surface area contributed by atoms with Crippen LogP contribution in [0.5, 0.6) is 5.75 Å². The van der Waals surface area contributed by atoms with E-state index in [2.05, 4.69) is 20.8 Å². The van der Waals surface area contributed by atoms with Gasteiger partial charge in [-0.1, -0.05) is 11.2 Å². The van der Waals surface area contributed by atoms with Gasteiger partial charge in [0.05, 0.1) is 12.2 Å². The zero-order chi connectivity index (χ0) is 15.4. The number of nitrogens with zero attached hydrogens (tertiary/aromatic N) is 2. The molecule has 0 aliphatic rings. The van der Waals surface area contributed by atoms with Crippen molar-refractivity contribution in [2.45, 2.75) is 13.5 Å². The number of hydrogen-bond donors (Lipinski definition) is 4. The number of urea groups is 1. The minimum atomic E-state index is -1.29. The van der Waals surface area contributed by atoms with Crippen LogP contribution in [0.2, 0.25) is 0 Å². The molecule has 21 heavy (non-hydrogen) atoms. The number of aromatic hydroxyl groups is 1. The Morgan fingerprint density at radius 3 is 2.76 bits per heavy atom. The summed E-state index contributed by atoms with van der Waals surface area (Å²) in [7, 11) is 0. The molecule has 0 aliphatic heterocycles. The van der Waals surface area contributed by atoms with E-state index < -0.39 is 17.7 Å². The molecule has 0 saturated carbocycles. The maximum atomic E-state index is 11.7.